The third kappa shape index (κ3) is 56.3. The predicted octanol–water partition coefficient (Wildman–Crippen LogP) is 18.2. The third-order valence-electron chi connectivity index (χ3n) is 13.7. The van der Waals surface area contributed by atoms with Gasteiger partial charge in [-0.3, -0.25) is 14.4 Å². The highest BCUT2D eigenvalue weighted by atomic mass is 16.7. The van der Waals surface area contributed by atoms with E-state index >= 15 is 0 Å². The maximum Gasteiger partial charge on any atom is 0.508 e. The van der Waals surface area contributed by atoms with Crippen LogP contribution in [-0.2, 0) is 28.6 Å². The monoisotopic (exact) mass is 1000 g/mol. The molecule has 71 heavy (non-hydrogen) atoms. The molecule has 0 saturated carbocycles. The molecule has 0 spiro atoms. The molecule has 0 aromatic carbocycles. The molecule has 0 rings (SSSR count). The van der Waals surface area contributed by atoms with E-state index in [1.165, 1.54) is 154 Å². The van der Waals surface area contributed by atoms with Crippen LogP contribution in [0.5, 0.6) is 0 Å². The number of ether oxygens (including phenoxy) is 3. The van der Waals surface area contributed by atoms with Crippen molar-refractivity contribution in [3.05, 3.63) is 24.3 Å². The van der Waals surface area contributed by atoms with Crippen molar-refractivity contribution in [1.82, 2.24) is 4.90 Å². The Morgan fingerprint density at radius 2 is 0.718 bits per heavy atom. The number of hydrogen-bond donors (Lipinski definition) is 2. The minimum atomic E-state index is -0.688. The molecule has 0 aromatic heterocycles. The van der Waals surface area contributed by atoms with Crippen LogP contribution in [0.1, 0.15) is 302 Å². The van der Waals surface area contributed by atoms with Crippen molar-refractivity contribution in [2.24, 2.45) is 0 Å². The van der Waals surface area contributed by atoms with Crippen molar-refractivity contribution in [3.63, 3.8) is 0 Å². The van der Waals surface area contributed by atoms with Crippen LogP contribution < -0.4 is 0 Å². The zero-order valence-electron chi connectivity index (χ0n) is 46.6. The van der Waals surface area contributed by atoms with E-state index in [9.17, 15) is 19.2 Å². The minimum absolute atomic E-state index is 0.0575. The van der Waals surface area contributed by atoms with Crippen LogP contribution in [0.15, 0.2) is 24.3 Å². The molecule has 10 nitrogen and oxygen atoms in total. The maximum absolute atomic E-state index is 13.4. The summed E-state index contributed by atoms with van der Waals surface area (Å²) in [6.45, 7) is 3.42. The molecule has 2 N–H and O–H groups in total. The lowest BCUT2D eigenvalue weighted by Gasteiger charge is -2.20. The summed E-state index contributed by atoms with van der Waals surface area (Å²) in [5, 5.41) is 17.5. The van der Waals surface area contributed by atoms with Gasteiger partial charge in [-0.25, -0.2) is 4.79 Å². The van der Waals surface area contributed by atoms with Crippen molar-refractivity contribution in [3.8, 4) is 0 Å². The molecular weight excluding hydrogens is 891 g/mol. The van der Waals surface area contributed by atoms with Gasteiger partial charge in [0.05, 0.1) is 6.61 Å². The molecule has 1 atom stereocenters. The van der Waals surface area contributed by atoms with Crippen LogP contribution in [-0.4, -0.2) is 78.6 Å². The number of esters is 1. The molecule has 0 aromatic rings. The lowest BCUT2D eigenvalue weighted by Crippen LogP contribution is -2.23. The van der Waals surface area contributed by atoms with E-state index in [-0.39, 0.29) is 24.6 Å². The zero-order valence-corrected chi connectivity index (χ0v) is 46.6. The van der Waals surface area contributed by atoms with E-state index in [4.69, 9.17) is 24.4 Å². The quantitative estimate of drug-likeness (QED) is 0.0344. The molecule has 416 valence electrons. The lowest BCUT2D eigenvalue weighted by molar-refractivity contribution is -0.150. The molecule has 0 fully saturated rings. The first kappa shape index (κ1) is 68.1. The maximum atomic E-state index is 13.4. The number of aliphatic carboxylic acids is 2. The highest BCUT2D eigenvalue weighted by molar-refractivity contribution is 5.69. The summed E-state index contributed by atoms with van der Waals surface area (Å²) in [5.74, 6) is -1.55. The van der Waals surface area contributed by atoms with Gasteiger partial charge in [0, 0.05) is 25.8 Å². The van der Waals surface area contributed by atoms with E-state index in [1.807, 2.05) is 14.1 Å². The van der Waals surface area contributed by atoms with Crippen LogP contribution in [0.2, 0.25) is 0 Å². The summed E-state index contributed by atoms with van der Waals surface area (Å²) in [7, 11) is 4.01. The smallest absolute Gasteiger partial charge is 0.481 e. The fraction of sp³-hybridized carbons (Fsp3) is 0.869. The molecule has 0 aliphatic rings. The van der Waals surface area contributed by atoms with Gasteiger partial charge in [0.15, 0.2) is 0 Å². The van der Waals surface area contributed by atoms with Gasteiger partial charge in [0.1, 0.15) is 12.2 Å². The Bertz CT molecular complexity index is 1200. The van der Waals surface area contributed by atoms with Crippen LogP contribution in [0.4, 0.5) is 4.79 Å². The molecule has 0 bridgehead atoms. The summed E-state index contributed by atoms with van der Waals surface area (Å²) in [4.78, 5) is 49.4. The summed E-state index contributed by atoms with van der Waals surface area (Å²) in [5.41, 5.74) is 0. The highest BCUT2D eigenvalue weighted by Crippen LogP contribution is 2.21. The SMILES string of the molecule is CCCCCCCCCCCCC(CCC(=O)OC(CCCCCCCCC/C=C\CCCCCCCC(=O)O)CCCCCCCCC/C=C\CCCCCCCC(=O)O)OC(=O)OCCCN(C)C. The molecule has 0 aliphatic heterocycles. The van der Waals surface area contributed by atoms with Gasteiger partial charge in [-0.15, -0.1) is 0 Å². The first-order valence-corrected chi connectivity index (χ1v) is 30.0. The molecule has 0 heterocycles. The fourth-order valence-corrected chi connectivity index (χ4v) is 9.26. The fourth-order valence-electron chi connectivity index (χ4n) is 9.26. The Balaban J connectivity index is 4.81. The first-order chi connectivity index (χ1) is 34.6. The summed E-state index contributed by atoms with van der Waals surface area (Å²) >= 11 is 0. The number of nitrogens with zero attached hydrogens (tertiary/aromatic N) is 1. The predicted molar refractivity (Wildman–Crippen MR) is 296 cm³/mol. The Morgan fingerprint density at radius 3 is 1.07 bits per heavy atom. The van der Waals surface area contributed by atoms with Gasteiger partial charge in [-0.1, -0.05) is 192 Å². The minimum Gasteiger partial charge on any atom is -0.481 e. The van der Waals surface area contributed by atoms with Crippen LogP contribution in [0, 0.1) is 0 Å². The number of carboxylic acid groups (broad SMARTS) is 2. The normalized spacial score (nSPS) is 12.2. The molecule has 0 aliphatic carbocycles. The molecule has 1 unspecified atom stereocenters. The van der Waals surface area contributed by atoms with Crippen molar-refractivity contribution >= 4 is 24.1 Å². The molecule has 0 amide bonds. The van der Waals surface area contributed by atoms with Gasteiger partial charge < -0.3 is 29.3 Å². The van der Waals surface area contributed by atoms with Crippen molar-refractivity contribution in [1.29, 1.82) is 0 Å². The van der Waals surface area contributed by atoms with Gasteiger partial charge in [0.2, 0.25) is 0 Å². The third-order valence-corrected chi connectivity index (χ3v) is 13.7. The van der Waals surface area contributed by atoms with E-state index in [0.29, 0.717) is 25.9 Å². The zero-order chi connectivity index (χ0) is 51.9. The standard InChI is InChI=1S/C61H113NO9/c1-4-5-6-7-8-9-26-33-38-43-49-57(71-61(68)69-55-46-54-62(2)3)52-53-60(67)70-56(47-41-36-31-27-22-18-14-10-12-16-20-24-29-34-39-44-50-58(63)64)48-42-37-32-28-23-19-15-11-13-17-21-25-30-35-40-45-51-59(65)66/h12-13,16-17,56-57H,4-11,14-15,18-55H2,1-3H3,(H,63,64)(H,65,66)/b16-12-,17-13-. The van der Waals surface area contributed by atoms with E-state index in [0.717, 1.165) is 122 Å². The van der Waals surface area contributed by atoms with Gasteiger partial charge >= 0.3 is 24.1 Å². The Hall–Kier alpha value is -2.88. The number of unbranched alkanes of at least 4 members (excludes halogenated alkanes) is 33. The molecule has 0 saturated heterocycles. The van der Waals surface area contributed by atoms with E-state index < -0.39 is 18.1 Å². The number of carboxylic acids is 2. The Labute approximate surface area is 437 Å². The average molecular weight is 1000 g/mol. The molecule has 10 heteroatoms. The number of carbonyl (C=O) groups is 4. The van der Waals surface area contributed by atoms with Crippen molar-refractivity contribution in [2.75, 3.05) is 27.2 Å². The van der Waals surface area contributed by atoms with Crippen molar-refractivity contribution < 1.29 is 43.6 Å². The number of rotatable bonds is 56. The number of hydrogen-bond acceptors (Lipinski definition) is 8. The number of carbonyl (C=O) groups excluding carboxylic acids is 2. The largest absolute Gasteiger partial charge is 0.508 e. The van der Waals surface area contributed by atoms with Gasteiger partial charge in [-0.05, 0) is 130 Å². The van der Waals surface area contributed by atoms with Gasteiger partial charge in [-0.2, -0.15) is 0 Å². The molecule has 0 radical (unpaired) electrons. The Morgan fingerprint density at radius 1 is 0.394 bits per heavy atom. The Kier molecular flexibility index (Phi) is 52.7. The van der Waals surface area contributed by atoms with Gasteiger partial charge in [0.25, 0.3) is 0 Å². The second kappa shape index (κ2) is 54.9. The van der Waals surface area contributed by atoms with Crippen molar-refractivity contribution in [2.45, 2.75) is 314 Å². The van der Waals surface area contributed by atoms with Crippen LogP contribution >= 0.6 is 0 Å². The second-order valence-electron chi connectivity index (χ2n) is 21.1. The summed E-state index contributed by atoms with van der Waals surface area (Å²) < 4.78 is 17.5. The van der Waals surface area contributed by atoms with Crippen LogP contribution in [0.25, 0.3) is 0 Å². The molecular formula is C61H113NO9. The first-order valence-electron chi connectivity index (χ1n) is 30.0. The highest BCUT2D eigenvalue weighted by Gasteiger charge is 2.20. The topological polar surface area (TPSA) is 140 Å². The van der Waals surface area contributed by atoms with Crippen LogP contribution in [0.3, 0.4) is 0 Å². The lowest BCUT2D eigenvalue weighted by atomic mass is 10.0. The van der Waals surface area contributed by atoms with E-state index in [1.54, 1.807) is 0 Å². The second-order valence-corrected chi connectivity index (χ2v) is 21.1. The van der Waals surface area contributed by atoms with E-state index in [2.05, 4.69) is 36.1 Å². The summed E-state index contributed by atoms with van der Waals surface area (Å²) in [6.07, 6.45) is 57.6. The number of allylic oxidation sites excluding steroid dienone is 4. The average Bonchev–Trinajstić information content (AvgIpc) is 3.33. The summed E-state index contributed by atoms with van der Waals surface area (Å²) in [6, 6.07) is 0.